The average molecular weight is 254 g/mol. The normalized spacial score (nSPS) is 11.1. The van der Waals surface area contributed by atoms with Gasteiger partial charge in [-0.1, -0.05) is 0 Å². The largest absolute Gasteiger partial charge is 0.504 e. The number of hydrogen-bond acceptors (Lipinski definition) is 6. The first-order chi connectivity index (χ1) is 8.39. The SMILES string of the molecule is COc1cc(C(=O)NCC(N)(N)CN)ccc1O. The quantitative estimate of drug-likeness (QED) is 0.414. The molecule has 0 unspecified atom stereocenters. The van der Waals surface area contributed by atoms with Gasteiger partial charge < -0.3 is 32.4 Å². The number of aromatic hydroxyl groups is 1. The second-order valence-corrected chi connectivity index (χ2v) is 4.01. The van der Waals surface area contributed by atoms with Gasteiger partial charge in [0, 0.05) is 12.1 Å². The van der Waals surface area contributed by atoms with Crippen molar-refractivity contribution in [3.63, 3.8) is 0 Å². The number of carbonyl (C=O) groups is 1. The smallest absolute Gasteiger partial charge is 0.251 e. The van der Waals surface area contributed by atoms with Crippen molar-refractivity contribution in [2.45, 2.75) is 5.66 Å². The third-order valence-corrected chi connectivity index (χ3v) is 2.40. The van der Waals surface area contributed by atoms with Crippen LogP contribution in [0.2, 0.25) is 0 Å². The molecule has 18 heavy (non-hydrogen) atoms. The summed E-state index contributed by atoms with van der Waals surface area (Å²) in [5.74, 6) is -0.196. The van der Waals surface area contributed by atoms with Crippen LogP contribution in [-0.2, 0) is 0 Å². The number of hydrogen-bond donors (Lipinski definition) is 5. The summed E-state index contributed by atoms with van der Waals surface area (Å²) in [5, 5.41) is 12.0. The van der Waals surface area contributed by atoms with Crippen LogP contribution in [0, 0.1) is 0 Å². The lowest BCUT2D eigenvalue weighted by Gasteiger charge is -2.22. The Kier molecular flexibility index (Phi) is 4.49. The monoisotopic (exact) mass is 254 g/mol. The molecule has 0 aromatic heterocycles. The third-order valence-electron chi connectivity index (χ3n) is 2.40. The van der Waals surface area contributed by atoms with E-state index in [4.69, 9.17) is 21.9 Å². The molecule has 0 atom stereocenters. The zero-order chi connectivity index (χ0) is 13.8. The number of amides is 1. The van der Waals surface area contributed by atoms with Gasteiger partial charge in [-0.3, -0.25) is 4.79 Å². The van der Waals surface area contributed by atoms with E-state index in [0.29, 0.717) is 5.56 Å². The fourth-order valence-electron chi connectivity index (χ4n) is 1.24. The lowest BCUT2D eigenvalue weighted by atomic mass is 10.1. The number of benzene rings is 1. The first-order valence-electron chi connectivity index (χ1n) is 5.32. The summed E-state index contributed by atoms with van der Waals surface area (Å²) < 4.78 is 4.90. The van der Waals surface area contributed by atoms with Gasteiger partial charge in [-0.25, -0.2) is 0 Å². The lowest BCUT2D eigenvalue weighted by molar-refractivity contribution is 0.0944. The summed E-state index contributed by atoms with van der Waals surface area (Å²) in [6, 6.07) is 4.25. The van der Waals surface area contributed by atoms with Crippen molar-refractivity contribution >= 4 is 5.91 Å². The topological polar surface area (TPSA) is 137 Å². The molecule has 1 rings (SSSR count). The Hall–Kier alpha value is -1.83. The standard InChI is InChI=1S/C11H18N4O3/c1-18-9-4-7(2-3-8(9)16)10(17)15-6-11(13,14)5-12/h2-4,16H,5-6,12-14H2,1H3,(H,15,17). The molecule has 1 aromatic rings. The number of ether oxygens (including phenoxy) is 1. The minimum Gasteiger partial charge on any atom is -0.504 e. The predicted molar refractivity (Wildman–Crippen MR) is 67.2 cm³/mol. The fraction of sp³-hybridized carbons (Fsp3) is 0.364. The van der Waals surface area contributed by atoms with Gasteiger partial charge in [-0.05, 0) is 18.2 Å². The van der Waals surface area contributed by atoms with Crippen LogP contribution in [0.15, 0.2) is 18.2 Å². The van der Waals surface area contributed by atoms with Gasteiger partial charge in [0.1, 0.15) is 0 Å². The second-order valence-electron chi connectivity index (χ2n) is 4.01. The Morgan fingerprint density at radius 2 is 2.17 bits per heavy atom. The highest BCUT2D eigenvalue weighted by Gasteiger charge is 2.18. The summed E-state index contributed by atoms with van der Waals surface area (Å²) in [7, 11) is 1.40. The minimum atomic E-state index is -1.14. The number of phenols is 1. The van der Waals surface area contributed by atoms with Crippen LogP contribution >= 0.6 is 0 Å². The Bertz CT molecular complexity index is 434. The van der Waals surface area contributed by atoms with Gasteiger partial charge in [0.05, 0.1) is 19.3 Å². The van der Waals surface area contributed by atoms with Gasteiger partial charge in [-0.15, -0.1) is 0 Å². The maximum absolute atomic E-state index is 11.8. The number of nitrogens with two attached hydrogens (primary N) is 3. The molecule has 1 aromatic carbocycles. The van der Waals surface area contributed by atoms with E-state index in [1.807, 2.05) is 0 Å². The van der Waals surface area contributed by atoms with Crippen molar-refractivity contribution < 1.29 is 14.6 Å². The van der Waals surface area contributed by atoms with Crippen molar-refractivity contribution in [3.05, 3.63) is 23.8 Å². The van der Waals surface area contributed by atoms with Crippen LogP contribution < -0.4 is 27.3 Å². The zero-order valence-corrected chi connectivity index (χ0v) is 10.1. The number of rotatable bonds is 5. The number of methoxy groups -OCH3 is 1. The Morgan fingerprint density at radius 1 is 1.50 bits per heavy atom. The molecule has 0 bridgehead atoms. The van der Waals surface area contributed by atoms with Gasteiger partial charge in [0.15, 0.2) is 11.5 Å². The predicted octanol–water partition coefficient (Wildman–Crippen LogP) is -1.30. The summed E-state index contributed by atoms with van der Waals surface area (Å²) in [5.41, 5.74) is 15.7. The zero-order valence-electron chi connectivity index (χ0n) is 10.1. The third kappa shape index (κ3) is 3.59. The van der Waals surface area contributed by atoms with Crippen molar-refractivity contribution in [2.75, 3.05) is 20.2 Å². The van der Waals surface area contributed by atoms with E-state index in [2.05, 4.69) is 5.32 Å². The summed E-state index contributed by atoms with van der Waals surface area (Å²) in [6.45, 7) is 0.0949. The van der Waals surface area contributed by atoms with Crippen molar-refractivity contribution in [1.82, 2.24) is 5.32 Å². The maximum atomic E-state index is 11.8. The van der Waals surface area contributed by atoms with E-state index < -0.39 is 5.66 Å². The van der Waals surface area contributed by atoms with E-state index >= 15 is 0 Å². The van der Waals surface area contributed by atoms with Crippen LogP contribution in [0.3, 0.4) is 0 Å². The molecule has 0 radical (unpaired) electrons. The Labute approximate surface area is 105 Å². The van der Waals surface area contributed by atoms with Crippen LogP contribution in [0.4, 0.5) is 0 Å². The number of phenolic OH excluding ortho intramolecular Hbond substituents is 1. The Balaban J connectivity index is 2.73. The molecule has 0 fully saturated rings. The molecule has 0 heterocycles. The van der Waals surface area contributed by atoms with E-state index in [1.165, 1.54) is 25.3 Å². The number of nitrogens with one attached hydrogen (secondary N) is 1. The summed E-state index contributed by atoms with van der Waals surface area (Å²) in [4.78, 5) is 11.8. The molecule has 100 valence electrons. The minimum absolute atomic E-state index is 0.0389. The molecular formula is C11H18N4O3. The summed E-state index contributed by atoms with van der Waals surface area (Å²) in [6.07, 6.45) is 0. The van der Waals surface area contributed by atoms with Crippen LogP contribution in [-0.4, -0.2) is 36.9 Å². The van der Waals surface area contributed by atoms with E-state index in [1.54, 1.807) is 0 Å². The first-order valence-corrected chi connectivity index (χ1v) is 5.32. The van der Waals surface area contributed by atoms with Crippen molar-refractivity contribution in [2.24, 2.45) is 17.2 Å². The van der Waals surface area contributed by atoms with Gasteiger partial charge in [-0.2, -0.15) is 0 Å². The van der Waals surface area contributed by atoms with Crippen molar-refractivity contribution in [3.8, 4) is 11.5 Å². The second kappa shape index (κ2) is 5.67. The van der Waals surface area contributed by atoms with Crippen LogP contribution in [0.5, 0.6) is 11.5 Å². The Morgan fingerprint density at radius 3 is 2.72 bits per heavy atom. The molecule has 7 nitrogen and oxygen atoms in total. The van der Waals surface area contributed by atoms with E-state index in [-0.39, 0.29) is 30.5 Å². The van der Waals surface area contributed by atoms with Crippen molar-refractivity contribution in [1.29, 1.82) is 0 Å². The molecule has 0 aliphatic carbocycles. The molecule has 0 spiro atoms. The van der Waals surface area contributed by atoms with Crippen LogP contribution in [0.1, 0.15) is 10.4 Å². The molecule has 0 saturated carbocycles. The molecule has 0 saturated heterocycles. The number of carbonyl (C=O) groups excluding carboxylic acids is 1. The van der Waals surface area contributed by atoms with E-state index in [9.17, 15) is 9.90 Å². The molecular weight excluding hydrogens is 236 g/mol. The molecule has 0 aliphatic rings. The van der Waals surface area contributed by atoms with Gasteiger partial charge in [0.25, 0.3) is 5.91 Å². The molecule has 8 N–H and O–H groups in total. The van der Waals surface area contributed by atoms with E-state index in [0.717, 1.165) is 0 Å². The van der Waals surface area contributed by atoms with Crippen LogP contribution in [0.25, 0.3) is 0 Å². The summed E-state index contributed by atoms with van der Waals surface area (Å²) >= 11 is 0. The highest BCUT2D eigenvalue weighted by molar-refractivity contribution is 5.94. The highest BCUT2D eigenvalue weighted by atomic mass is 16.5. The highest BCUT2D eigenvalue weighted by Crippen LogP contribution is 2.26. The molecule has 0 aliphatic heterocycles. The molecule has 1 amide bonds. The van der Waals surface area contributed by atoms with Gasteiger partial charge in [0.2, 0.25) is 0 Å². The van der Waals surface area contributed by atoms with Gasteiger partial charge >= 0.3 is 0 Å². The average Bonchev–Trinajstić information content (AvgIpc) is 2.36. The fourth-order valence-corrected chi connectivity index (χ4v) is 1.24. The molecule has 7 heteroatoms. The first kappa shape index (κ1) is 14.2. The lowest BCUT2D eigenvalue weighted by Crippen LogP contribution is -2.62. The maximum Gasteiger partial charge on any atom is 0.251 e.